The van der Waals surface area contributed by atoms with Crippen molar-refractivity contribution >= 4 is 11.3 Å². The van der Waals surface area contributed by atoms with Gasteiger partial charge in [0, 0.05) is 27.6 Å². The molecule has 2 atom stereocenters. The van der Waals surface area contributed by atoms with Crippen LogP contribution < -0.4 is 0 Å². The van der Waals surface area contributed by atoms with Gasteiger partial charge in [0.15, 0.2) is 0 Å². The predicted molar refractivity (Wildman–Crippen MR) is 78.6 cm³/mol. The first-order valence-corrected chi connectivity index (χ1v) is 7.78. The van der Waals surface area contributed by atoms with Crippen LogP contribution in [0.25, 0.3) is 0 Å². The molecule has 0 amide bonds. The molecule has 0 spiro atoms. The van der Waals surface area contributed by atoms with E-state index in [1.807, 2.05) is 25.1 Å². The lowest BCUT2D eigenvalue weighted by atomic mass is 9.96. The lowest BCUT2D eigenvalue weighted by molar-refractivity contribution is 0.153. The molecule has 2 nitrogen and oxygen atoms in total. The smallest absolute Gasteiger partial charge is 0.0962 e. The van der Waals surface area contributed by atoms with Crippen LogP contribution in [-0.4, -0.2) is 10.1 Å². The van der Waals surface area contributed by atoms with Gasteiger partial charge in [-0.25, -0.2) is 0 Å². The lowest BCUT2D eigenvalue weighted by Gasteiger charge is -2.16. The highest BCUT2D eigenvalue weighted by Crippen LogP contribution is 2.37. The molecule has 1 aliphatic rings. The molecule has 0 aromatic carbocycles. The summed E-state index contributed by atoms with van der Waals surface area (Å²) in [5.41, 5.74) is 2.42. The van der Waals surface area contributed by atoms with Crippen LogP contribution in [0.15, 0.2) is 30.5 Å². The third-order valence-corrected chi connectivity index (χ3v) is 5.24. The molecule has 2 unspecified atom stereocenters. The maximum Gasteiger partial charge on any atom is 0.0962 e. The van der Waals surface area contributed by atoms with Gasteiger partial charge < -0.3 is 5.11 Å². The van der Waals surface area contributed by atoms with Gasteiger partial charge in [-0.3, -0.25) is 4.98 Å². The van der Waals surface area contributed by atoms with Crippen LogP contribution in [0, 0.1) is 0 Å². The van der Waals surface area contributed by atoms with Crippen LogP contribution >= 0.6 is 11.3 Å². The zero-order chi connectivity index (χ0) is 13.2. The minimum Gasteiger partial charge on any atom is -0.387 e. The highest BCUT2D eigenvalue weighted by atomic mass is 32.1. The number of pyridine rings is 1. The van der Waals surface area contributed by atoms with E-state index in [1.54, 1.807) is 17.5 Å². The summed E-state index contributed by atoms with van der Waals surface area (Å²) in [6, 6.07) is 8.09. The Hall–Kier alpha value is -1.19. The summed E-state index contributed by atoms with van der Waals surface area (Å²) in [4.78, 5) is 6.93. The minimum atomic E-state index is -0.439. The summed E-state index contributed by atoms with van der Waals surface area (Å²) >= 11 is 1.79. The first-order chi connectivity index (χ1) is 9.25. The van der Waals surface area contributed by atoms with Crippen molar-refractivity contribution in [2.75, 3.05) is 0 Å². The predicted octanol–water partition coefficient (Wildman–Crippen LogP) is 3.86. The second-order valence-electron chi connectivity index (χ2n) is 5.29. The summed E-state index contributed by atoms with van der Waals surface area (Å²) in [5, 5.41) is 10.6. The number of hydrogen-bond donors (Lipinski definition) is 1. The number of aryl methyl sites for hydroxylation is 2. The van der Waals surface area contributed by atoms with E-state index in [1.165, 1.54) is 36.1 Å². The van der Waals surface area contributed by atoms with Gasteiger partial charge >= 0.3 is 0 Å². The maximum absolute atomic E-state index is 10.6. The van der Waals surface area contributed by atoms with Crippen molar-refractivity contribution in [2.24, 2.45) is 0 Å². The van der Waals surface area contributed by atoms with E-state index in [9.17, 15) is 5.11 Å². The average molecular weight is 273 g/mol. The van der Waals surface area contributed by atoms with Gasteiger partial charge in [0.2, 0.25) is 0 Å². The van der Waals surface area contributed by atoms with Crippen molar-refractivity contribution in [3.8, 4) is 0 Å². The zero-order valence-corrected chi connectivity index (χ0v) is 12.0. The molecule has 1 N–H and O–H groups in total. The van der Waals surface area contributed by atoms with Crippen LogP contribution in [0.2, 0.25) is 0 Å². The molecular weight excluding hydrogens is 254 g/mol. The summed E-state index contributed by atoms with van der Waals surface area (Å²) in [5.74, 6) is 0.0429. The lowest BCUT2D eigenvalue weighted by Crippen LogP contribution is -2.07. The highest BCUT2D eigenvalue weighted by molar-refractivity contribution is 7.12. The molecule has 0 saturated carbocycles. The minimum absolute atomic E-state index is 0.0429. The Labute approximate surface area is 118 Å². The van der Waals surface area contributed by atoms with Crippen molar-refractivity contribution in [3.05, 3.63) is 51.5 Å². The molecule has 2 aromatic rings. The Morgan fingerprint density at radius 1 is 1.26 bits per heavy atom. The summed E-state index contributed by atoms with van der Waals surface area (Å²) < 4.78 is 0. The van der Waals surface area contributed by atoms with Crippen molar-refractivity contribution in [1.82, 2.24) is 4.98 Å². The molecule has 3 heteroatoms. The Kier molecular flexibility index (Phi) is 3.67. The third-order valence-electron chi connectivity index (χ3n) is 3.94. The molecule has 100 valence electrons. The second kappa shape index (κ2) is 5.43. The van der Waals surface area contributed by atoms with Crippen molar-refractivity contribution in [2.45, 2.75) is 44.6 Å². The van der Waals surface area contributed by atoms with E-state index in [0.29, 0.717) is 0 Å². The summed E-state index contributed by atoms with van der Waals surface area (Å²) in [6.45, 7) is 2.05. The fraction of sp³-hybridized carbons (Fsp3) is 0.438. The first-order valence-electron chi connectivity index (χ1n) is 6.96. The zero-order valence-electron chi connectivity index (χ0n) is 11.2. The van der Waals surface area contributed by atoms with E-state index in [0.717, 1.165) is 10.6 Å². The monoisotopic (exact) mass is 273 g/mol. The number of hydrogen-bond acceptors (Lipinski definition) is 3. The molecule has 0 bridgehead atoms. The van der Waals surface area contributed by atoms with Crippen LogP contribution in [0.4, 0.5) is 0 Å². The quantitative estimate of drug-likeness (QED) is 0.921. The molecule has 0 saturated heterocycles. The topological polar surface area (TPSA) is 33.1 Å². The van der Waals surface area contributed by atoms with E-state index in [4.69, 9.17) is 0 Å². The fourth-order valence-corrected chi connectivity index (χ4v) is 4.06. The Morgan fingerprint density at radius 3 is 2.84 bits per heavy atom. The molecular formula is C16H19NOS. The van der Waals surface area contributed by atoms with E-state index < -0.39 is 6.10 Å². The van der Waals surface area contributed by atoms with Gasteiger partial charge in [0.25, 0.3) is 0 Å². The number of aliphatic hydroxyl groups is 1. The van der Waals surface area contributed by atoms with Gasteiger partial charge in [-0.15, -0.1) is 11.3 Å². The summed E-state index contributed by atoms with van der Waals surface area (Å²) in [6.07, 6.45) is 6.29. The van der Waals surface area contributed by atoms with Gasteiger partial charge in [-0.1, -0.05) is 13.0 Å². The van der Waals surface area contributed by atoms with Crippen LogP contribution in [-0.2, 0) is 12.8 Å². The van der Waals surface area contributed by atoms with Gasteiger partial charge in [-0.2, -0.15) is 0 Å². The Balaban J connectivity index is 1.83. The normalized spacial score (nSPS) is 17.8. The Bertz CT molecular complexity index is 526. The van der Waals surface area contributed by atoms with Gasteiger partial charge in [0.05, 0.1) is 6.10 Å². The number of nitrogens with zero attached hydrogens (tertiary/aromatic N) is 1. The van der Waals surface area contributed by atoms with Crippen LogP contribution in [0.5, 0.6) is 0 Å². The van der Waals surface area contributed by atoms with E-state index in [-0.39, 0.29) is 5.92 Å². The molecule has 1 aliphatic carbocycles. The van der Waals surface area contributed by atoms with Crippen LogP contribution in [0.1, 0.15) is 52.8 Å². The fourth-order valence-electron chi connectivity index (χ4n) is 2.71. The molecule has 0 fully saturated rings. The van der Waals surface area contributed by atoms with Gasteiger partial charge in [-0.05, 0) is 49.4 Å². The average Bonchev–Trinajstić information content (AvgIpc) is 2.90. The summed E-state index contributed by atoms with van der Waals surface area (Å²) in [7, 11) is 0. The number of thiophene rings is 1. The first kappa shape index (κ1) is 12.8. The van der Waals surface area contributed by atoms with E-state index in [2.05, 4.69) is 11.1 Å². The second-order valence-corrected chi connectivity index (χ2v) is 6.46. The van der Waals surface area contributed by atoms with Crippen molar-refractivity contribution in [3.63, 3.8) is 0 Å². The Morgan fingerprint density at radius 2 is 2.11 bits per heavy atom. The molecule has 2 heterocycles. The molecule has 0 radical (unpaired) electrons. The number of fused-ring (bicyclic) bond motifs is 1. The molecule has 2 aromatic heterocycles. The van der Waals surface area contributed by atoms with Gasteiger partial charge in [0.1, 0.15) is 0 Å². The molecule has 19 heavy (non-hydrogen) atoms. The van der Waals surface area contributed by atoms with Crippen LogP contribution in [0.3, 0.4) is 0 Å². The molecule has 3 rings (SSSR count). The maximum atomic E-state index is 10.6. The largest absolute Gasteiger partial charge is 0.387 e. The number of aliphatic hydroxyl groups excluding tert-OH is 1. The molecule has 0 aliphatic heterocycles. The van der Waals surface area contributed by atoms with Crippen molar-refractivity contribution in [1.29, 1.82) is 0 Å². The van der Waals surface area contributed by atoms with Crippen molar-refractivity contribution < 1.29 is 5.11 Å². The number of aromatic nitrogens is 1. The van der Waals surface area contributed by atoms with E-state index >= 15 is 0 Å². The highest BCUT2D eigenvalue weighted by Gasteiger charge is 2.23. The SMILES string of the molecule is CC(c1ccccn1)C(O)c1cc2c(s1)CCCC2. The number of rotatable bonds is 3. The standard InChI is InChI=1S/C16H19NOS/c1-11(13-7-4-5-9-17-13)16(18)15-10-12-6-2-3-8-14(12)19-15/h4-5,7,9-11,16,18H,2-3,6,8H2,1H3. The third kappa shape index (κ3) is 2.58.